The summed E-state index contributed by atoms with van der Waals surface area (Å²) in [4.78, 5) is 24.8. The second-order valence-electron chi connectivity index (χ2n) is 6.17. The van der Waals surface area contributed by atoms with Gasteiger partial charge in [0, 0.05) is 29.5 Å². The van der Waals surface area contributed by atoms with E-state index in [1.54, 1.807) is 12.1 Å². The number of nitro groups is 1. The van der Waals surface area contributed by atoms with E-state index in [1.807, 2.05) is 43.0 Å². The molecule has 1 aliphatic heterocycles. The largest absolute Gasteiger partial charge is 0.359 e. The second-order valence-corrected chi connectivity index (χ2v) is 6.17. The first kappa shape index (κ1) is 16.0. The molecule has 0 unspecified atom stereocenters. The number of nitro benzene ring substituents is 1. The van der Waals surface area contributed by atoms with Gasteiger partial charge >= 0.3 is 0 Å². The van der Waals surface area contributed by atoms with Gasteiger partial charge in [-0.05, 0) is 49.6 Å². The van der Waals surface area contributed by atoms with Crippen LogP contribution in [0.25, 0.3) is 0 Å². The molecule has 3 rings (SSSR count). The molecule has 0 fully saturated rings. The summed E-state index contributed by atoms with van der Waals surface area (Å²) in [5, 5.41) is 13.8. The van der Waals surface area contributed by atoms with Crippen molar-refractivity contribution in [1.29, 1.82) is 0 Å². The van der Waals surface area contributed by atoms with Gasteiger partial charge in [0.15, 0.2) is 0 Å². The lowest BCUT2D eigenvalue weighted by molar-refractivity contribution is -0.384. The maximum absolute atomic E-state index is 12.3. The molecule has 0 spiro atoms. The molecule has 24 heavy (non-hydrogen) atoms. The van der Waals surface area contributed by atoms with E-state index in [-0.39, 0.29) is 24.2 Å². The highest BCUT2D eigenvalue weighted by Gasteiger charge is 2.29. The number of rotatable bonds is 4. The lowest BCUT2D eigenvalue weighted by Gasteiger charge is -2.24. The molecule has 6 heteroatoms. The minimum absolute atomic E-state index is 0.0898. The van der Waals surface area contributed by atoms with E-state index in [4.69, 9.17) is 0 Å². The second kappa shape index (κ2) is 6.31. The van der Waals surface area contributed by atoms with Crippen molar-refractivity contribution in [3.05, 3.63) is 63.7 Å². The number of benzene rings is 2. The maximum Gasteiger partial charge on any atom is 0.269 e. The smallest absolute Gasteiger partial charge is 0.269 e. The first-order valence-corrected chi connectivity index (χ1v) is 7.84. The molecule has 1 aliphatic rings. The zero-order valence-electron chi connectivity index (χ0n) is 13.7. The molecule has 6 nitrogen and oxygen atoms in total. The molecule has 0 aliphatic carbocycles. The highest BCUT2D eigenvalue weighted by atomic mass is 16.6. The molecule has 0 saturated heterocycles. The number of hydrogen-bond donors (Lipinski definition) is 1. The van der Waals surface area contributed by atoms with Crippen molar-refractivity contribution in [3.8, 4) is 0 Å². The van der Waals surface area contributed by atoms with Crippen LogP contribution in [0.1, 0.15) is 18.1 Å². The lowest BCUT2D eigenvalue weighted by atomic mass is 10.1. The van der Waals surface area contributed by atoms with Crippen molar-refractivity contribution in [2.45, 2.75) is 26.3 Å². The average molecular weight is 325 g/mol. The maximum atomic E-state index is 12.3. The van der Waals surface area contributed by atoms with Gasteiger partial charge in [0.1, 0.15) is 0 Å². The number of fused-ring (bicyclic) bond motifs is 1. The third kappa shape index (κ3) is 3.22. The molecule has 1 N–H and O–H groups in total. The fraction of sp³-hybridized carbons (Fsp3) is 0.278. The SMILES string of the molecule is Cc1cccc(NC(=O)CN2c3ccc([N+](=O)[O-])cc3C[C@H]2C)c1. The van der Waals surface area contributed by atoms with Gasteiger partial charge in [0.25, 0.3) is 5.69 Å². The number of nitrogens with one attached hydrogen (secondary N) is 1. The van der Waals surface area contributed by atoms with Crippen LogP contribution < -0.4 is 10.2 Å². The van der Waals surface area contributed by atoms with Crippen molar-refractivity contribution in [1.82, 2.24) is 0 Å². The standard InChI is InChI=1S/C18H19N3O3/c1-12-4-3-5-15(8-12)19-18(22)11-20-13(2)9-14-10-16(21(23)24)6-7-17(14)20/h3-8,10,13H,9,11H2,1-2H3,(H,19,22)/t13-/m1/s1. The Hall–Kier alpha value is -2.89. The highest BCUT2D eigenvalue weighted by Crippen LogP contribution is 2.34. The summed E-state index contributed by atoms with van der Waals surface area (Å²) in [6.45, 7) is 4.22. The minimum Gasteiger partial charge on any atom is -0.359 e. The summed E-state index contributed by atoms with van der Waals surface area (Å²) >= 11 is 0. The zero-order chi connectivity index (χ0) is 17.3. The van der Waals surface area contributed by atoms with Crippen LogP contribution in [0.15, 0.2) is 42.5 Å². The van der Waals surface area contributed by atoms with Crippen molar-refractivity contribution < 1.29 is 9.72 Å². The predicted molar refractivity (Wildman–Crippen MR) is 93.4 cm³/mol. The molecule has 0 radical (unpaired) electrons. The van der Waals surface area contributed by atoms with E-state index < -0.39 is 4.92 Å². The van der Waals surface area contributed by atoms with Gasteiger partial charge in [0.2, 0.25) is 5.91 Å². The summed E-state index contributed by atoms with van der Waals surface area (Å²) in [6, 6.07) is 12.6. The van der Waals surface area contributed by atoms with E-state index in [2.05, 4.69) is 5.32 Å². The first-order chi connectivity index (χ1) is 11.4. The third-order valence-electron chi connectivity index (χ3n) is 4.25. The molecule has 2 aromatic carbocycles. The topological polar surface area (TPSA) is 75.5 Å². The van der Waals surface area contributed by atoms with Crippen LogP contribution in [0.4, 0.5) is 17.1 Å². The van der Waals surface area contributed by atoms with Crippen LogP contribution in [0.3, 0.4) is 0 Å². The van der Waals surface area contributed by atoms with Gasteiger partial charge in [-0.3, -0.25) is 14.9 Å². The molecule has 0 bridgehead atoms. The fourth-order valence-electron chi connectivity index (χ4n) is 3.11. The minimum atomic E-state index is -0.391. The van der Waals surface area contributed by atoms with Crippen LogP contribution in [-0.4, -0.2) is 23.4 Å². The lowest BCUT2D eigenvalue weighted by Crippen LogP contribution is -2.37. The number of anilines is 2. The predicted octanol–water partition coefficient (Wildman–Crippen LogP) is 3.29. The van der Waals surface area contributed by atoms with Crippen LogP contribution in [0.5, 0.6) is 0 Å². The molecular formula is C18H19N3O3. The monoisotopic (exact) mass is 325 g/mol. The number of non-ortho nitro benzene ring substituents is 1. The highest BCUT2D eigenvalue weighted by molar-refractivity contribution is 5.94. The van der Waals surface area contributed by atoms with E-state index >= 15 is 0 Å². The number of aryl methyl sites for hydroxylation is 1. The molecule has 1 heterocycles. The van der Waals surface area contributed by atoms with Gasteiger partial charge in [-0.2, -0.15) is 0 Å². The first-order valence-electron chi connectivity index (χ1n) is 7.84. The molecule has 124 valence electrons. The van der Waals surface area contributed by atoms with Gasteiger partial charge in [-0.25, -0.2) is 0 Å². The summed E-state index contributed by atoms with van der Waals surface area (Å²) in [5.41, 5.74) is 3.76. The quantitative estimate of drug-likeness (QED) is 0.691. The number of nitrogens with zero attached hydrogens (tertiary/aromatic N) is 2. The Balaban J connectivity index is 1.74. The van der Waals surface area contributed by atoms with Gasteiger partial charge in [-0.1, -0.05) is 12.1 Å². The van der Waals surface area contributed by atoms with E-state index in [0.29, 0.717) is 6.42 Å². The summed E-state index contributed by atoms with van der Waals surface area (Å²) in [5.74, 6) is -0.0985. The van der Waals surface area contributed by atoms with Gasteiger partial charge in [0.05, 0.1) is 11.5 Å². The molecule has 0 saturated carbocycles. The van der Waals surface area contributed by atoms with Crippen molar-refractivity contribution in [2.75, 3.05) is 16.8 Å². The number of hydrogen-bond acceptors (Lipinski definition) is 4. The number of amides is 1. The van der Waals surface area contributed by atoms with E-state index in [1.165, 1.54) is 6.07 Å². The van der Waals surface area contributed by atoms with Crippen molar-refractivity contribution in [2.24, 2.45) is 0 Å². The van der Waals surface area contributed by atoms with Crippen LogP contribution in [0.2, 0.25) is 0 Å². The fourth-order valence-corrected chi connectivity index (χ4v) is 3.11. The van der Waals surface area contributed by atoms with Crippen molar-refractivity contribution >= 4 is 23.0 Å². The van der Waals surface area contributed by atoms with Crippen LogP contribution in [-0.2, 0) is 11.2 Å². The number of carbonyl (C=O) groups excluding carboxylic acids is 1. The molecule has 0 aromatic heterocycles. The number of carbonyl (C=O) groups is 1. The zero-order valence-corrected chi connectivity index (χ0v) is 13.7. The Morgan fingerprint density at radius 1 is 1.33 bits per heavy atom. The third-order valence-corrected chi connectivity index (χ3v) is 4.25. The molecule has 2 aromatic rings. The summed E-state index contributed by atoms with van der Waals surface area (Å²) in [7, 11) is 0. The Morgan fingerprint density at radius 3 is 2.83 bits per heavy atom. The van der Waals surface area contributed by atoms with Gasteiger partial charge in [-0.15, -0.1) is 0 Å². The van der Waals surface area contributed by atoms with E-state index in [9.17, 15) is 14.9 Å². The Kier molecular flexibility index (Phi) is 4.20. The Bertz CT molecular complexity index is 804. The summed E-state index contributed by atoms with van der Waals surface area (Å²) in [6.07, 6.45) is 0.703. The van der Waals surface area contributed by atoms with E-state index in [0.717, 1.165) is 22.5 Å². The average Bonchev–Trinajstić information content (AvgIpc) is 2.82. The van der Waals surface area contributed by atoms with Crippen LogP contribution >= 0.6 is 0 Å². The van der Waals surface area contributed by atoms with Crippen LogP contribution in [0, 0.1) is 17.0 Å². The van der Waals surface area contributed by atoms with Gasteiger partial charge < -0.3 is 10.2 Å². The normalized spacial score (nSPS) is 15.9. The van der Waals surface area contributed by atoms with Crippen molar-refractivity contribution in [3.63, 3.8) is 0 Å². The molecule has 1 atom stereocenters. The molecule has 1 amide bonds. The molecular weight excluding hydrogens is 306 g/mol. The Labute approximate surface area is 140 Å². The Morgan fingerprint density at radius 2 is 2.12 bits per heavy atom. The summed E-state index contributed by atoms with van der Waals surface area (Å²) < 4.78 is 0.